The van der Waals surface area contributed by atoms with Crippen LogP contribution in [0.3, 0.4) is 0 Å². The predicted octanol–water partition coefficient (Wildman–Crippen LogP) is 28.4. The average Bonchev–Trinajstić information content (AvgIpc) is 1.59. The van der Waals surface area contributed by atoms with E-state index in [-0.39, 0.29) is 14.9 Å². The van der Waals surface area contributed by atoms with Crippen molar-refractivity contribution in [1.82, 2.24) is 0 Å². The van der Waals surface area contributed by atoms with Gasteiger partial charge >= 0.3 is 7.69 Å². The highest BCUT2D eigenvalue weighted by Crippen LogP contribution is 2.44. The fourth-order valence-corrected chi connectivity index (χ4v) is 15.4. The number of hydrogen-bond donors (Lipinski definition) is 1. The number of rotatable bonds is 7. The molecule has 0 fully saturated rings. The molecule has 7 heterocycles. The maximum absolute atomic E-state index is 8.78. The van der Waals surface area contributed by atoms with Crippen LogP contribution in [0.1, 0.15) is 14.9 Å². The van der Waals surface area contributed by atoms with Crippen molar-refractivity contribution in [2.45, 2.75) is 14.9 Å². The summed E-state index contributed by atoms with van der Waals surface area (Å²) in [5.74, 6) is 0.572. The summed E-state index contributed by atoms with van der Waals surface area (Å²) in [7, 11) is 0.679. The van der Waals surface area contributed by atoms with Crippen molar-refractivity contribution in [1.29, 1.82) is 0 Å². The third-order valence-electron chi connectivity index (χ3n) is 19.6. The van der Waals surface area contributed by atoms with Gasteiger partial charge in [-0.15, -0.1) is 0 Å². The van der Waals surface area contributed by atoms with E-state index in [2.05, 4.69) is 238 Å². The van der Waals surface area contributed by atoms with Crippen LogP contribution in [0.5, 0.6) is 5.75 Å². The van der Waals surface area contributed by atoms with Gasteiger partial charge in [-0.3, -0.25) is 0 Å². The Morgan fingerprint density at radius 1 is 0.202 bits per heavy atom. The summed E-state index contributed by atoms with van der Waals surface area (Å²) >= 11 is 7.06. The van der Waals surface area contributed by atoms with Crippen molar-refractivity contribution in [3.63, 3.8) is 0 Å². The second kappa shape index (κ2) is 25.6. The molecule has 0 aliphatic rings. The Labute approximate surface area is 611 Å². The molecule has 1 radical (unpaired) electrons. The molecule has 12 heteroatoms. The van der Waals surface area contributed by atoms with Gasteiger partial charge < -0.3 is 40.6 Å². The van der Waals surface area contributed by atoms with Crippen LogP contribution >= 0.6 is 31.9 Å². The summed E-state index contributed by atoms with van der Waals surface area (Å²) in [4.78, 5) is 0. The lowest BCUT2D eigenvalue weighted by Gasteiger charge is -2.04. The minimum atomic E-state index is 0. The van der Waals surface area contributed by atoms with Gasteiger partial charge in [0.2, 0.25) is 0 Å². The standard InChI is InChI=1S/C54H30O4.C18H12BO3.C18H8Br2O2.2CH4/c1-3-7-31(8-4-1)33-11-17-47-39(23-33)41-25-35(13-19-49(41)55-47)37-15-21-51-43(27-37)45-29-46-44-28-38(16-22-52(44)58-54(46)30-53(45)57-51)36-14-20-50-42(26-36)40-24-34(12-18-48(40)56-50)32-9-5-2-6-10-32;20-19-22-14-7-9-18-16(11-14)15-10-13(6-8-17(15)21-18)12-4-2-1-3-5-12;19-9-1-3-15-11(5-9)13-7-14-12-6-10(20)2-4-16(12)22-18(14)8-17(13)21-15;;/h1-30H;1-11,20H;1-8H;2*1H4. The topological polar surface area (TPSA) is 121 Å². The van der Waals surface area contributed by atoms with Crippen LogP contribution in [0, 0.1) is 0 Å². The van der Waals surface area contributed by atoms with Gasteiger partial charge in [-0.25, -0.2) is 0 Å². The number of benzene rings is 15. The van der Waals surface area contributed by atoms with E-state index in [0.29, 0.717) is 13.4 Å². The molecule has 0 saturated heterocycles. The first-order chi connectivity index (χ1) is 50.2. The highest BCUT2D eigenvalue weighted by molar-refractivity contribution is 9.10. The largest absolute Gasteiger partial charge is 0.569 e. The average molecular weight is 1480 g/mol. The number of hydrogen-bond acceptors (Lipinski definition) is 9. The van der Waals surface area contributed by atoms with Crippen LogP contribution in [0.25, 0.3) is 209 Å². The molecule has 104 heavy (non-hydrogen) atoms. The number of fused-ring (bicyclic) bond motifs is 21. The number of halogens is 2. The van der Waals surface area contributed by atoms with Crippen LogP contribution in [-0.2, 0) is 0 Å². The molecular formula is C92H58BBr2O9. The van der Waals surface area contributed by atoms with E-state index in [1.54, 1.807) is 6.07 Å². The van der Waals surface area contributed by atoms with Crippen molar-refractivity contribution < 1.29 is 40.6 Å². The molecule has 1 N–H and O–H groups in total. The zero-order valence-corrected chi connectivity index (χ0v) is 57.0. The number of furan rings is 7. The van der Waals surface area contributed by atoms with E-state index in [4.69, 9.17) is 40.6 Å². The summed E-state index contributed by atoms with van der Waals surface area (Å²) < 4.78 is 50.3. The van der Waals surface area contributed by atoms with Crippen LogP contribution in [-0.4, -0.2) is 12.7 Å². The van der Waals surface area contributed by atoms with Crippen molar-refractivity contribution in [2.75, 3.05) is 0 Å². The fourth-order valence-electron chi connectivity index (χ4n) is 14.6. The van der Waals surface area contributed by atoms with Gasteiger partial charge in [-0.2, -0.15) is 0 Å². The Hall–Kier alpha value is -12.3. The third kappa shape index (κ3) is 11.0. The van der Waals surface area contributed by atoms with Crippen LogP contribution in [0.2, 0.25) is 0 Å². The first kappa shape index (κ1) is 63.8. The normalized spacial score (nSPS) is 11.6. The Balaban J connectivity index is 0.000000137. The van der Waals surface area contributed by atoms with Crippen LogP contribution in [0.4, 0.5) is 0 Å². The second-order valence-electron chi connectivity index (χ2n) is 25.6. The monoisotopic (exact) mass is 1480 g/mol. The molecule has 0 saturated carbocycles. The molecule has 0 atom stereocenters. The van der Waals surface area contributed by atoms with Gasteiger partial charge in [0.05, 0.1) is 0 Å². The predicted molar refractivity (Wildman–Crippen MR) is 435 cm³/mol. The summed E-state index contributed by atoms with van der Waals surface area (Å²) in [6, 6.07) is 102. The lowest BCUT2D eigenvalue weighted by atomic mass is 9.98. The molecule has 7 aromatic heterocycles. The Bertz CT molecular complexity index is 6780. The molecule has 0 unspecified atom stereocenters. The summed E-state index contributed by atoms with van der Waals surface area (Å²) in [5, 5.41) is 23.8. The molecular weight excluding hydrogens is 1420 g/mol. The van der Waals surface area contributed by atoms with E-state index in [1.807, 2.05) is 84.9 Å². The molecule has 0 bridgehead atoms. The van der Waals surface area contributed by atoms with E-state index < -0.39 is 0 Å². The van der Waals surface area contributed by atoms with Crippen LogP contribution in [0.15, 0.2) is 337 Å². The van der Waals surface area contributed by atoms with Crippen molar-refractivity contribution in [3.8, 4) is 61.4 Å². The molecule has 497 valence electrons. The molecule has 0 amide bonds. The van der Waals surface area contributed by atoms with Crippen molar-refractivity contribution in [2.24, 2.45) is 0 Å². The fraction of sp³-hybridized carbons (Fsp3) is 0.0217. The first-order valence-corrected chi connectivity index (χ1v) is 34.9. The van der Waals surface area contributed by atoms with Gasteiger partial charge in [0.15, 0.2) is 0 Å². The van der Waals surface area contributed by atoms with E-state index in [1.165, 1.54) is 22.3 Å². The summed E-state index contributed by atoms with van der Waals surface area (Å²) in [5.41, 5.74) is 23.4. The summed E-state index contributed by atoms with van der Waals surface area (Å²) in [6.45, 7) is 0. The summed E-state index contributed by atoms with van der Waals surface area (Å²) in [6.07, 6.45) is 0. The molecule has 0 aliphatic carbocycles. The molecule has 0 spiro atoms. The maximum Gasteiger partial charge on any atom is 0.569 e. The SMILES string of the molecule is Brc1ccc2oc3cc4oc5ccc(Br)cc5c4cc3c2c1.C.C.O[B]Oc1ccc2oc3ccc(-c4ccccc4)cc3c2c1.c1ccc(-c2ccc3oc4ccc(-c5ccc6oc7cc8oc9ccc(-c%10ccc%11oc%12ccc(-c%13ccccc%13)cc%12c%11c%10)cc9c8cc7c6c5)cc4c3c2)cc1. The van der Waals surface area contributed by atoms with Gasteiger partial charge in [0.25, 0.3) is 0 Å². The van der Waals surface area contributed by atoms with E-state index in [9.17, 15) is 0 Å². The zero-order chi connectivity index (χ0) is 67.7. The maximum atomic E-state index is 8.78. The Kier molecular flexibility index (Phi) is 15.7. The third-order valence-corrected chi connectivity index (χ3v) is 20.6. The highest BCUT2D eigenvalue weighted by Gasteiger charge is 2.20. The van der Waals surface area contributed by atoms with E-state index in [0.717, 1.165) is 196 Å². The van der Waals surface area contributed by atoms with Gasteiger partial charge in [0, 0.05) is 96.5 Å². The minimum Gasteiger partial charge on any atom is -0.537 e. The molecule has 15 aromatic carbocycles. The van der Waals surface area contributed by atoms with E-state index >= 15 is 0 Å². The quantitative estimate of drug-likeness (QED) is 0.155. The Morgan fingerprint density at radius 2 is 0.413 bits per heavy atom. The van der Waals surface area contributed by atoms with Crippen molar-refractivity contribution >= 4 is 193 Å². The van der Waals surface area contributed by atoms with Gasteiger partial charge in [-0.1, -0.05) is 180 Å². The minimum absolute atomic E-state index is 0. The first-order valence-electron chi connectivity index (χ1n) is 33.4. The van der Waals surface area contributed by atoms with Gasteiger partial charge in [-0.05, 0) is 207 Å². The van der Waals surface area contributed by atoms with Gasteiger partial charge in [0.1, 0.15) is 83.9 Å². The molecule has 22 aromatic rings. The Morgan fingerprint density at radius 3 is 0.683 bits per heavy atom. The lowest BCUT2D eigenvalue weighted by molar-refractivity contribution is 0.454. The molecule has 22 rings (SSSR count). The van der Waals surface area contributed by atoms with Crippen LogP contribution < -0.4 is 4.65 Å². The van der Waals surface area contributed by atoms with Crippen molar-refractivity contribution in [3.05, 3.63) is 306 Å². The smallest absolute Gasteiger partial charge is 0.537 e. The highest BCUT2D eigenvalue weighted by atomic mass is 79.9. The molecule has 0 aliphatic heterocycles. The lowest BCUT2D eigenvalue weighted by Crippen LogP contribution is -1.98. The zero-order valence-electron chi connectivity index (χ0n) is 53.8. The molecule has 9 nitrogen and oxygen atoms in total. The second-order valence-corrected chi connectivity index (χ2v) is 27.5.